The molecule has 2 rings (SSSR count). The highest BCUT2D eigenvalue weighted by atomic mass is 15.2. The fourth-order valence-corrected chi connectivity index (χ4v) is 1.53. The van der Waals surface area contributed by atoms with E-state index in [1.807, 2.05) is 18.5 Å². The third kappa shape index (κ3) is 1.16. The summed E-state index contributed by atoms with van der Waals surface area (Å²) in [5, 5.41) is 0. The summed E-state index contributed by atoms with van der Waals surface area (Å²) in [4.78, 5) is 6.33. The number of pyridine rings is 1. The van der Waals surface area contributed by atoms with E-state index in [-0.39, 0.29) is 0 Å². The van der Waals surface area contributed by atoms with E-state index in [0.29, 0.717) is 6.04 Å². The third-order valence-corrected chi connectivity index (χ3v) is 2.24. The van der Waals surface area contributed by atoms with Gasteiger partial charge >= 0.3 is 0 Å². The number of nitrogens with zero attached hydrogens (tertiary/aromatic N) is 2. The fraction of sp³-hybridized carbons (Fsp3) is 0.444. The van der Waals surface area contributed by atoms with E-state index < -0.39 is 0 Å². The Morgan fingerprint density at radius 1 is 1.58 bits per heavy atom. The molecule has 0 saturated carbocycles. The van der Waals surface area contributed by atoms with E-state index in [9.17, 15) is 0 Å². The molecule has 2 heterocycles. The van der Waals surface area contributed by atoms with Crippen LogP contribution in [0.25, 0.3) is 0 Å². The number of hydrogen-bond acceptors (Lipinski definition) is 3. The van der Waals surface area contributed by atoms with Gasteiger partial charge in [0.1, 0.15) is 0 Å². The lowest BCUT2D eigenvalue weighted by Gasteiger charge is -2.39. The summed E-state index contributed by atoms with van der Waals surface area (Å²) in [5.41, 5.74) is 8.20. The summed E-state index contributed by atoms with van der Waals surface area (Å²) in [7, 11) is 0. The normalized spacial score (nSPS) is 17.7. The van der Waals surface area contributed by atoms with Gasteiger partial charge in [-0.25, -0.2) is 0 Å². The highest BCUT2D eigenvalue weighted by Gasteiger charge is 2.23. The Labute approximate surface area is 72.2 Å². The Hall–Kier alpha value is -1.09. The zero-order valence-corrected chi connectivity index (χ0v) is 7.20. The molecule has 0 radical (unpaired) electrons. The van der Waals surface area contributed by atoms with E-state index in [4.69, 9.17) is 5.73 Å². The molecule has 0 bridgehead atoms. The molecule has 12 heavy (non-hydrogen) atoms. The summed E-state index contributed by atoms with van der Waals surface area (Å²) in [5.74, 6) is 0. The van der Waals surface area contributed by atoms with Crippen LogP contribution in [0.3, 0.4) is 0 Å². The minimum absolute atomic E-state index is 0.359. The molecule has 0 amide bonds. The van der Waals surface area contributed by atoms with E-state index in [1.165, 1.54) is 11.3 Å². The van der Waals surface area contributed by atoms with Gasteiger partial charge in [-0.1, -0.05) is 0 Å². The molecule has 0 aliphatic carbocycles. The second kappa shape index (κ2) is 2.75. The predicted octanol–water partition coefficient (Wildman–Crippen LogP) is 0.537. The largest absolute Gasteiger partial charge is 0.368 e. The van der Waals surface area contributed by atoms with Crippen molar-refractivity contribution in [1.82, 2.24) is 4.98 Å². The number of hydrogen-bond donors (Lipinski definition) is 1. The Kier molecular flexibility index (Phi) is 1.73. The molecule has 1 saturated heterocycles. The monoisotopic (exact) mass is 163 g/mol. The molecule has 0 aromatic carbocycles. The van der Waals surface area contributed by atoms with Crippen LogP contribution < -0.4 is 10.6 Å². The smallest absolute Gasteiger partial charge is 0.0427 e. The average Bonchev–Trinajstić information content (AvgIpc) is 2.01. The number of anilines is 1. The number of rotatable bonds is 1. The maximum atomic E-state index is 5.70. The minimum atomic E-state index is 0.359. The second-order valence-electron chi connectivity index (χ2n) is 3.33. The van der Waals surface area contributed by atoms with E-state index >= 15 is 0 Å². The first-order valence-electron chi connectivity index (χ1n) is 4.18. The molecule has 3 nitrogen and oxygen atoms in total. The fourth-order valence-electron chi connectivity index (χ4n) is 1.53. The Morgan fingerprint density at radius 2 is 2.33 bits per heavy atom. The Morgan fingerprint density at radius 3 is 2.92 bits per heavy atom. The standard InChI is InChI=1S/C9H13N3/c1-7-4-11-3-2-9(7)12-5-8(10)6-12/h2-4,8H,5-6,10H2,1H3. The van der Waals surface area contributed by atoms with Crippen molar-refractivity contribution in [2.24, 2.45) is 5.73 Å². The molecule has 0 atom stereocenters. The van der Waals surface area contributed by atoms with Gasteiger partial charge in [-0.15, -0.1) is 0 Å². The zero-order chi connectivity index (χ0) is 8.55. The van der Waals surface area contributed by atoms with Crippen LogP contribution in [-0.4, -0.2) is 24.1 Å². The maximum Gasteiger partial charge on any atom is 0.0427 e. The average molecular weight is 163 g/mol. The van der Waals surface area contributed by atoms with Crippen molar-refractivity contribution in [3.8, 4) is 0 Å². The van der Waals surface area contributed by atoms with Crippen molar-refractivity contribution in [2.45, 2.75) is 13.0 Å². The summed E-state index contributed by atoms with van der Waals surface area (Å²) in [6.07, 6.45) is 3.71. The van der Waals surface area contributed by atoms with E-state index in [2.05, 4.69) is 16.8 Å². The lowest BCUT2D eigenvalue weighted by Crippen LogP contribution is -2.56. The van der Waals surface area contributed by atoms with Crippen LogP contribution in [0.2, 0.25) is 0 Å². The molecule has 2 N–H and O–H groups in total. The van der Waals surface area contributed by atoms with Crippen molar-refractivity contribution in [3.63, 3.8) is 0 Å². The van der Waals surface area contributed by atoms with Gasteiger partial charge in [-0.05, 0) is 18.6 Å². The van der Waals surface area contributed by atoms with Gasteiger partial charge < -0.3 is 10.6 Å². The van der Waals surface area contributed by atoms with Gasteiger partial charge in [-0.2, -0.15) is 0 Å². The number of nitrogens with two attached hydrogens (primary N) is 1. The highest BCUT2D eigenvalue weighted by Crippen LogP contribution is 2.22. The van der Waals surface area contributed by atoms with E-state index in [1.54, 1.807) is 0 Å². The SMILES string of the molecule is Cc1cnccc1N1CC(N)C1. The summed E-state index contributed by atoms with van der Waals surface area (Å²) in [6, 6.07) is 2.40. The van der Waals surface area contributed by atoms with Crippen LogP contribution in [0.15, 0.2) is 18.5 Å². The Bertz CT molecular complexity index is 279. The van der Waals surface area contributed by atoms with Crippen LogP contribution in [0, 0.1) is 6.92 Å². The first-order chi connectivity index (χ1) is 5.77. The molecule has 3 heteroatoms. The topological polar surface area (TPSA) is 42.2 Å². The van der Waals surface area contributed by atoms with Gasteiger partial charge in [0.05, 0.1) is 0 Å². The van der Waals surface area contributed by atoms with Gasteiger partial charge in [0.2, 0.25) is 0 Å². The van der Waals surface area contributed by atoms with Crippen molar-refractivity contribution in [1.29, 1.82) is 0 Å². The van der Waals surface area contributed by atoms with Crippen LogP contribution in [0.4, 0.5) is 5.69 Å². The molecule has 1 aliphatic heterocycles. The number of aryl methyl sites for hydroxylation is 1. The van der Waals surface area contributed by atoms with Gasteiger partial charge in [0, 0.05) is 37.2 Å². The quantitative estimate of drug-likeness (QED) is 0.657. The number of aromatic nitrogens is 1. The highest BCUT2D eigenvalue weighted by molar-refractivity contribution is 5.53. The maximum absolute atomic E-state index is 5.70. The van der Waals surface area contributed by atoms with Crippen LogP contribution >= 0.6 is 0 Å². The Balaban J connectivity index is 2.18. The molecule has 0 unspecified atom stereocenters. The zero-order valence-electron chi connectivity index (χ0n) is 7.20. The van der Waals surface area contributed by atoms with Crippen molar-refractivity contribution >= 4 is 5.69 Å². The first kappa shape index (κ1) is 7.55. The van der Waals surface area contributed by atoms with Gasteiger partial charge in [0.15, 0.2) is 0 Å². The molecular weight excluding hydrogens is 150 g/mol. The van der Waals surface area contributed by atoms with Crippen LogP contribution in [0.1, 0.15) is 5.56 Å². The molecule has 1 aromatic heterocycles. The molecule has 1 aliphatic rings. The van der Waals surface area contributed by atoms with E-state index in [0.717, 1.165) is 13.1 Å². The molecule has 1 fully saturated rings. The lowest BCUT2D eigenvalue weighted by molar-refractivity contribution is 0.518. The molecule has 1 aromatic rings. The summed E-state index contributed by atoms with van der Waals surface area (Å²) >= 11 is 0. The van der Waals surface area contributed by atoms with Gasteiger partial charge in [-0.3, -0.25) is 4.98 Å². The third-order valence-electron chi connectivity index (χ3n) is 2.24. The molecule has 0 spiro atoms. The first-order valence-corrected chi connectivity index (χ1v) is 4.18. The summed E-state index contributed by atoms with van der Waals surface area (Å²) < 4.78 is 0. The lowest BCUT2D eigenvalue weighted by atomic mass is 10.1. The van der Waals surface area contributed by atoms with Gasteiger partial charge in [0.25, 0.3) is 0 Å². The molecular formula is C9H13N3. The van der Waals surface area contributed by atoms with Crippen molar-refractivity contribution in [3.05, 3.63) is 24.0 Å². The molecule has 64 valence electrons. The van der Waals surface area contributed by atoms with Crippen molar-refractivity contribution in [2.75, 3.05) is 18.0 Å². The second-order valence-corrected chi connectivity index (χ2v) is 3.33. The summed E-state index contributed by atoms with van der Waals surface area (Å²) in [6.45, 7) is 4.03. The predicted molar refractivity (Wildman–Crippen MR) is 49.2 cm³/mol. The van der Waals surface area contributed by atoms with Crippen LogP contribution in [-0.2, 0) is 0 Å². The minimum Gasteiger partial charge on any atom is -0.368 e. The van der Waals surface area contributed by atoms with Crippen molar-refractivity contribution < 1.29 is 0 Å². The van der Waals surface area contributed by atoms with Crippen LogP contribution in [0.5, 0.6) is 0 Å².